The maximum absolute atomic E-state index is 12.4. The number of aryl methyl sites for hydroxylation is 1. The standard InChI is InChI=1S/C17H19NO3/c1-11(2)18-15(7-5-14(10-19)17(18)20)13-6-8-16(21-4)12(3)9-13/h5-11H,1-4H3. The van der Waals surface area contributed by atoms with Crippen LogP contribution in [-0.2, 0) is 0 Å². The first kappa shape index (κ1) is 15.0. The highest BCUT2D eigenvalue weighted by molar-refractivity contribution is 5.75. The lowest BCUT2D eigenvalue weighted by Crippen LogP contribution is -2.26. The third kappa shape index (κ3) is 2.75. The van der Waals surface area contributed by atoms with E-state index in [1.165, 1.54) is 0 Å². The molecular weight excluding hydrogens is 266 g/mol. The largest absolute Gasteiger partial charge is 0.496 e. The summed E-state index contributed by atoms with van der Waals surface area (Å²) in [4.78, 5) is 23.3. The average molecular weight is 285 g/mol. The molecule has 0 unspecified atom stereocenters. The number of pyridine rings is 1. The number of carbonyl (C=O) groups is 1. The van der Waals surface area contributed by atoms with Crippen molar-refractivity contribution in [3.05, 3.63) is 51.8 Å². The Morgan fingerprint density at radius 1 is 1.19 bits per heavy atom. The zero-order valence-corrected chi connectivity index (χ0v) is 12.7. The monoisotopic (exact) mass is 285 g/mol. The summed E-state index contributed by atoms with van der Waals surface area (Å²) in [5, 5.41) is 0. The minimum Gasteiger partial charge on any atom is -0.496 e. The van der Waals surface area contributed by atoms with Gasteiger partial charge in [-0.25, -0.2) is 0 Å². The van der Waals surface area contributed by atoms with Gasteiger partial charge in [0.15, 0.2) is 6.29 Å². The molecule has 4 heteroatoms. The SMILES string of the molecule is COc1ccc(-c2ccc(C=O)c(=O)n2C(C)C)cc1C. The lowest BCUT2D eigenvalue weighted by Gasteiger charge is -2.18. The predicted octanol–water partition coefficient (Wildman–Crippen LogP) is 3.23. The number of nitrogens with zero attached hydrogens (tertiary/aromatic N) is 1. The van der Waals surface area contributed by atoms with Crippen LogP contribution >= 0.6 is 0 Å². The lowest BCUT2D eigenvalue weighted by molar-refractivity contribution is 0.112. The van der Waals surface area contributed by atoms with E-state index >= 15 is 0 Å². The van der Waals surface area contributed by atoms with Crippen LogP contribution in [0.15, 0.2) is 35.1 Å². The van der Waals surface area contributed by atoms with Gasteiger partial charge in [-0.1, -0.05) is 0 Å². The molecule has 4 nitrogen and oxygen atoms in total. The molecule has 0 aliphatic heterocycles. The van der Waals surface area contributed by atoms with Crippen molar-refractivity contribution < 1.29 is 9.53 Å². The van der Waals surface area contributed by atoms with Gasteiger partial charge in [0.25, 0.3) is 5.56 Å². The topological polar surface area (TPSA) is 48.3 Å². The maximum Gasteiger partial charge on any atom is 0.261 e. The highest BCUT2D eigenvalue weighted by atomic mass is 16.5. The van der Waals surface area contributed by atoms with Gasteiger partial charge >= 0.3 is 0 Å². The van der Waals surface area contributed by atoms with Crippen molar-refractivity contribution >= 4 is 6.29 Å². The Kier molecular flexibility index (Phi) is 4.26. The number of benzene rings is 1. The first-order valence-electron chi connectivity index (χ1n) is 6.85. The molecule has 0 aliphatic rings. The number of hydrogen-bond donors (Lipinski definition) is 0. The van der Waals surface area contributed by atoms with Crippen molar-refractivity contribution in [2.75, 3.05) is 7.11 Å². The fourth-order valence-corrected chi connectivity index (χ4v) is 2.44. The molecule has 0 saturated carbocycles. The van der Waals surface area contributed by atoms with E-state index in [0.29, 0.717) is 6.29 Å². The van der Waals surface area contributed by atoms with Gasteiger partial charge < -0.3 is 9.30 Å². The van der Waals surface area contributed by atoms with Crippen molar-refractivity contribution in [1.82, 2.24) is 4.57 Å². The number of aldehydes is 1. The summed E-state index contributed by atoms with van der Waals surface area (Å²) in [6.07, 6.45) is 0.601. The molecule has 1 aromatic carbocycles. The van der Waals surface area contributed by atoms with Crippen molar-refractivity contribution in [3.8, 4) is 17.0 Å². The number of rotatable bonds is 4. The van der Waals surface area contributed by atoms with Gasteiger partial charge in [0.2, 0.25) is 0 Å². The molecule has 0 spiro atoms. The Morgan fingerprint density at radius 3 is 2.43 bits per heavy atom. The Labute approximate surface area is 124 Å². The second-order valence-electron chi connectivity index (χ2n) is 5.25. The first-order chi connectivity index (χ1) is 9.99. The number of carbonyl (C=O) groups excluding carboxylic acids is 1. The summed E-state index contributed by atoms with van der Waals surface area (Å²) in [6, 6.07) is 9.13. The van der Waals surface area contributed by atoms with E-state index in [9.17, 15) is 9.59 Å². The molecule has 110 valence electrons. The highest BCUT2D eigenvalue weighted by Gasteiger charge is 2.13. The van der Waals surface area contributed by atoms with Crippen LogP contribution in [0.4, 0.5) is 0 Å². The molecule has 2 aromatic rings. The normalized spacial score (nSPS) is 10.7. The predicted molar refractivity (Wildman–Crippen MR) is 83.2 cm³/mol. The third-order valence-electron chi connectivity index (χ3n) is 3.48. The molecular formula is C17H19NO3. The van der Waals surface area contributed by atoms with Crippen LogP contribution in [0.25, 0.3) is 11.3 Å². The van der Waals surface area contributed by atoms with Gasteiger partial charge in [-0.15, -0.1) is 0 Å². The summed E-state index contributed by atoms with van der Waals surface area (Å²) in [5.74, 6) is 0.807. The van der Waals surface area contributed by atoms with Crippen LogP contribution in [0.5, 0.6) is 5.75 Å². The molecule has 21 heavy (non-hydrogen) atoms. The molecule has 0 bridgehead atoms. The minimum absolute atomic E-state index is 0.0326. The summed E-state index contributed by atoms with van der Waals surface area (Å²) in [5.41, 5.74) is 2.64. The van der Waals surface area contributed by atoms with Gasteiger partial charge in [0.1, 0.15) is 5.75 Å². The Morgan fingerprint density at radius 2 is 1.90 bits per heavy atom. The minimum atomic E-state index is -0.258. The molecule has 1 aromatic heterocycles. The van der Waals surface area contributed by atoms with E-state index in [0.717, 1.165) is 22.6 Å². The zero-order valence-electron chi connectivity index (χ0n) is 12.7. The van der Waals surface area contributed by atoms with Gasteiger partial charge in [0, 0.05) is 6.04 Å². The molecule has 0 radical (unpaired) electrons. The van der Waals surface area contributed by atoms with Crippen LogP contribution in [0, 0.1) is 6.92 Å². The van der Waals surface area contributed by atoms with E-state index < -0.39 is 0 Å². The van der Waals surface area contributed by atoms with Crippen molar-refractivity contribution in [1.29, 1.82) is 0 Å². The first-order valence-corrected chi connectivity index (χ1v) is 6.85. The molecule has 0 fully saturated rings. The van der Waals surface area contributed by atoms with Crippen LogP contribution in [0.1, 0.15) is 35.8 Å². The van der Waals surface area contributed by atoms with Crippen LogP contribution in [-0.4, -0.2) is 18.0 Å². The second-order valence-corrected chi connectivity index (χ2v) is 5.25. The Hall–Kier alpha value is -2.36. The molecule has 0 atom stereocenters. The number of ether oxygens (including phenoxy) is 1. The molecule has 1 heterocycles. The number of aromatic nitrogens is 1. The van der Waals surface area contributed by atoms with Gasteiger partial charge in [0.05, 0.1) is 18.4 Å². The van der Waals surface area contributed by atoms with Gasteiger partial charge in [-0.2, -0.15) is 0 Å². The third-order valence-corrected chi connectivity index (χ3v) is 3.48. The van der Waals surface area contributed by atoms with Crippen molar-refractivity contribution in [2.24, 2.45) is 0 Å². The van der Waals surface area contributed by atoms with E-state index in [1.54, 1.807) is 17.7 Å². The lowest BCUT2D eigenvalue weighted by atomic mass is 10.1. The van der Waals surface area contributed by atoms with E-state index in [-0.39, 0.29) is 17.2 Å². The van der Waals surface area contributed by atoms with E-state index in [1.807, 2.05) is 45.0 Å². The molecule has 0 aliphatic carbocycles. The molecule has 2 rings (SSSR count). The van der Waals surface area contributed by atoms with E-state index in [2.05, 4.69) is 0 Å². The average Bonchev–Trinajstić information content (AvgIpc) is 2.46. The Bertz CT molecular complexity index is 729. The highest BCUT2D eigenvalue weighted by Crippen LogP contribution is 2.26. The van der Waals surface area contributed by atoms with Gasteiger partial charge in [-0.3, -0.25) is 9.59 Å². The van der Waals surface area contributed by atoms with Gasteiger partial charge in [-0.05, 0) is 62.2 Å². The summed E-state index contributed by atoms with van der Waals surface area (Å²) < 4.78 is 6.90. The smallest absolute Gasteiger partial charge is 0.261 e. The van der Waals surface area contributed by atoms with Crippen LogP contribution < -0.4 is 10.3 Å². The summed E-state index contributed by atoms with van der Waals surface area (Å²) in [7, 11) is 1.63. The quantitative estimate of drug-likeness (QED) is 0.810. The molecule has 0 saturated heterocycles. The number of methoxy groups -OCH3 is 1. The fourth-order valence-electron chi connectivity index (χ4n) is 2.44. The second kappa shape index (κ2) is 5.95. The number of hydrogen-bond acceptors (Lipinski definition) is 3. The van der Waals surface area contributed by atoms with Crippen molar-refractivity contribution in [3.63, 3.8) is 0 Å². The maximum atomic E-state index is 12.4. The summed E-state index contributed by atoms with van der Waals surface area (Å²) in [6.45, 7) is 5.81. The van der Waals surface area contributed by atoms with E-state index in [4.69, 9.17) is 4.74 Å². The fraction of sp³-hybridized carbons (Fsp3) is 0.294. The zero-order chi connectivity index (χ0) is 15.6. The Balaban J connectivity index is 2.69. The molecule has 0 N–H and O–H groups in total. The summed E-state index contributed by atoms with van der Waals surface area (Å²) >= 11 is 0. The molecule has 0 amide bonds. The van der Waals surface area contributed by atoms with Crippen molar-refractivity contribution in [2.45, 2.75) is 26.8 Å². The van der Waals surface area contributed by atoms with Crippen LogP contribution in [0.3, 0.4) is 0 Å². The van der Waals surface area contributed by atoms with Crippen LogP contribution in [0.2, 0.25) is 0 Å².